The topological polar surface area (TPSA) is 331 Å². The molecule has 38 heteroatoms. The van der Waals surface area contributed by atoms with E-state index in [-0.39, 0.29) is 247 Å². The summed E-state index contributed by atoms with van der Waals surface area (Å²) in [5.41, 5.74) is 10.3. The van der Waals surface area contributed by atoms with Gasteiger partial charge in [-0.05, 0) is 192 Å². The summed E-state index contributed by atoms with van der Waals surface area (Å²) in [5.74, 6) is -1.20. The highest BCUT2D eigenvalue weighted by Gasteiger charge is 2.35. The van der Waals surface area contributed by atoms with Gasteiger partial charge in [-0.15, -0.1) is 0 Å². The van der Waals surface area contributed by atoms with Crippen LogP contribution < -0.4 is 35.4 Å². The van der Waals surface area contributed by atoms with Gasteiger partial charge in [0.1, 0.15) is 0 Å². The number of benzene rings is 8. The normalized spacial score (nSPS) is 16.0. The van der Waals surface area contributed by atoms with Crippen LogP contribution in [0.15, 0.2) is 172 Å². The number of hydrogen-bond donors (Lipinski definition) is 7. The molecular weight excluding hydrogens is 1910 g/mol. The van der Waals surface area contributed by atoms with E-state index in [4.69, 9.17) is 124 Å². The second-order valence-electron chi connectivity index (χ2n) is 32.9. The summed E-state index contributed by atoms with van der Waals surface area (Å²) in [4.78, 5) is 48.3. The Hall–Kier alpha value is -6.59. The monoisotopic (exact) mass is 2030 g/mol. The quantitative estimate of drug-likeness (QED) is 0.0174. The molecule has 3 unspecified atom stereocenters. The van der Waals surface area contributed by atoms with E-state index in [1.165, 1.54) is 0 Å². The van der Waals surface area contributed by atoms with Gasteiger partial charge >= 0.3 is 0 Å². The van der Waals surface area contributed by atoms with Gasteiger partial charge in [0.2, 0.25) is 47.8 Å². The largest absolute Gasteiger partial charge is 0.378 e. The number of halogens is 7. The van der Waals surface area contributed by atoms with E-state index in [1.807, 2.05) is 106 Å². The zero-order chi connectivity index (χ0) is 94.8. The molecule has 0 aliphatic carbocycles. The fraction of sp³-hybridized carbons (Fsp3) is 0.463. The SMILES string of the molecule is CN1Cc2c(Cl)cc(Cl)cc2C(c2cccc(S(=O)(=O)NCCOCCOCCOCCNC(=O)CCC(CCC(=O)NCCOCCOCCOCCNS(=O)(=O)c3cccc(C4CN(C)Cc5c(Cl)cc(Cl)cc54)c3)(CCC(=O)NCCOCCOCCOCCNS(=O)(=O)c3cccc(C4CN(C)Cc5c(Cl)cc(Cl)cc54)c3)NCc3ccc(-c4ccc(Cl)cc4)cc3)c2)C1. The molecule has 724 valence electrons. The number of amides is 3. The molecule has 0 spiro atoms. The fourth-order valence-electron chi connectivity index (χ4n) is 16.2. The Labute approximate surface area is 816 Å². The number of nitrogens with one attached hydrogen (secondary N) is 7. The number of sulfonamides is 3. The summed E-state index contributed by atoms with van der Waals surface area (Å²) in [6.45, 7) is 8.61. The van der Waals surface area contributed by atoms with Crippen molar-refractivity contribution in [2.24, 2.45) is 0 Å². The molecular formula is C95H119Cl7N10O18S3. The molecule has 3 aliphatic rings. The molecule has 7 N–H and O–H groups in total. The van der Waals surface area contributed by atoms with Crippen LogP contribution in [0, 0.1) is 0 Å². The number of carbonyl (C=O) groups excluding carboxylic acids is 3. The molecule has 3 amide bonds. The Morgan fingerprint density at radius 3 is 0.902 bits per heavy atom. The van der Waals surface area contributed by atoms with Crippen LogP contribution in [0.5, 0.6) is 0 Å². The average Bonchev–Trinajstić information content (AvgIpc) is 0.778. The first-order valence-electron chi connectivity index (χ1n) is 44.4. The van der Waals surface area contributed by atoms with Crippen molar-refractivity contribution < 1.29 is 82.3 Å². The van der Waals surface area contributed by atoms with E-state index in [9.17, 15) is 39.6 Å². The minimum absolute atomic E-state index is 0.0367. The summed E-state index contributed by atoms with van der Waals surface area (Å²) < 4.78 is 140. The lowest BCUT2D eigenvalue weighted by Crippen LogP contribution is -2.47. The lowest BCUT2D eigenvalue weighted by atomic mass is 9.83. The molecule has 0 saturated carbocycles. The van der Waals surface area contributed by atoms with Crippen LogP contribution in [0.4, 0.5) is 0 Å². The smallest absolute Gasteiger partial charge is 0.240 e. The summed E-state index contributed by atoms with van der Waals surface area (Å²) in [6, 6.07) is 47.1. The molecule has 8 aromatic carbocycles. The zero-order valence-electron chi connectivity index (χ0n) is 75.0. The van der Waals surface area contributed by atoms with Crippen molar-refractivity contribution in [1.29, 1.82) is 0 Å². The predicted octanol–water partition coefficient (Wildman–Crippen LogP) is 13.3. The van der Waals surface area contributed by atoms with Crippen molar-refractivity contribution in [2.45, 2.75) is 103 Å². The van der Waals surface area contributed by atoms with Crippen LogP contribution in [0.3, 0.4) is 0 Å². The minimum Gasteiger partial charge on any atom is -0.378 e. The van der Waals surface area contributed by atoms with Gasteiger partial charge in [0.25, 0.3) is 0 Å². The van der Waals surface area contributed by atoms with Crippen LogP contribution in [0.1, 0.15) is 112 Å². The third kappa shape index (κ3) is 34.2. The molecule has 3 atom stereocenters. The van der Waals surface area contributed by atoms with E-state index in [0.717, 1.165) is 66.8 Å². The van der Waals surface area contributed by atoms with Gasteiger partial charge in [-0.25, -0.2) is 39.4 Å². The Balaban J connectivity index is 0.603. The van der Waals surface area contributed by atoms with Crippen molar-refractivity contribution in [3.05, 3.63) is 249 Å². The number of carbonyl (C=O) groups is 3. The fourth-order valence-corrected chi connectivity index (χ4v) is 21.2. The van der Waals surface area contributed by atoms with Gasteiger partial charge in [0, 0.05) is 163 Å². The van der Waals surface area contributed by atoms with E-state index < -0.39 is 35.6 Å². The van der Waals surface area contributed by atoms with Gasteiger partial charge in [0.15, 0.2) is 0 Å². The first kappa shape index (κ1) is 107. The minimum atomic E-state index is -3.87. The van der Waals surface area contributed by atoms with E-state index in [0.29, 0.717) is 81.0 Å². The highest BCUT2D eigenvalue weighted by atomic mass is 35.5. The average molecular weight is 2030 g/mol. The Kier molecular flexibility index (Phi) is 43.5. The second kappa shape index (κ2) is 54.1. The molecule has 3 aliphatic heterocycles. The standard InChI is InChI=1S/C95H119Cl7N10O18S3/c1-110-61-83(80-54-74(97)57-89(100)86(80)64-110)70-7-4-10-77(51-70)131(116,117)107-30-36-125-42-48-128-45-39-122-33-27-103-92(113)21-24-95(106-60-67-13-15-68(16-14-67)69-17-19-73(96)20-18-69,25-22-93(114)104-28-34-123-40-46-129-49-43-126-37-31-108-132(118,119)78-11-5-8-71(52-78)84-62-111(2)65-87-81(84)55-75(98)58-90(87)101)26-23-94(115)105-29-35-124-41-47-130-50-44-127-38-32-109-133(120,121)79-12-6-9-72(53-79)85-63-112(3)66-88-82(85)56-76(99)59-91(88)102/h4-20,51-59,83-85,106-109H,21-50,60-66H2,1-3H3,(H,103,113)(H,104,114)(H,105,115). The zero-order valence-corrected chi connectivity index (χ0v) is 82.7. The number of likely N-dealkylation sites (N-methyl/N-ethyl adjacent to an activating group) is 3. The number of fused-ring (bicyclic) bond motifs is 3. The number of ether oxygens (including phenoxy) is 9. The van der Waals surface area contributed by atoms with Crippen molar-refractivity contribution in [2.75, 3.05) is 199 Å². The van der Waals surface area contributed by atoms with Crippen LogP contribution in [-0.4, -0.2) is 262 Å². The lowest BCUT2D eigenvalue weighted by molar-refractivity contribution is -0.121. The van der Waals surface area contributed by atoms with Crippen LogP contribution in [0.2, 0.25) is 35.2 Å². The Morgan fingerprint density at radius 2 is 0.609 bits per heavy atom. The predicted molar refractivity (Wildman–Crippen MR) is 519 cm³/mol. The first-order chi connectivity index (χ1) is 64.0. The van der Waals surface area contributed by atoms with E-state index >= 15 is 0 Å². The molecule has 0 radical (unpaired) electrons. The summed E-state index contributed by atoms with van der Waals surface area (Å²) in [7, 11) is -5.62. The van der Waals surface area contributed by atoms with E-state index in [2.05, 4.69) is 50.1 Å². The van der Waals surface area contributed by atoms with Gasteiger partial charge in [-0.2, -0.15) is 0 Å². The third-order valence-electron chi connectivity index (χ3n) is 23.0. The van der Waals surface area contributed by atoms with Gasteiger partial charge in [-0.1, -0.05) is 154 Å². The molecule has 0 saturated heterocycles. The summed E-state index contributed by atoms with van der Waals surface area (Å²) >= 11 is 45.2. The lowest BCUT2D eigenvalue weighted by Gasteiger charge is -2.35. The third-order valence-corrected chi connectivity index (χ3v) is 29.3. The molecule has 133 heavy (non-hydrogen) atoms. The number of hydrogen-bond acceptors (Lipinski definition) is 22. The van der Waals surface area contributed by atoms with Crippen molar-refractivity contribution >= 4 is 129 Å². The van der Waals surface area contributed by atoms with Gasteiger partial charge < -0.3 is 78.6 Å². The number of rotatable bonds is 58. The highest BCUT2D eigenvalue weighted by Crippen LogP contribution is 2.43. The maximum Gasteiger partial charge on any atom is 0.240 e. The maximum atomic E-state index is 13.8. The van der Waals surface area contributed by atoms with Crippen molar-refractivity contribution in [3.8, 4) is 11.1 Å². The maximum absolute atomic E-state index is 13.8. The van der Waals surface area contributed by atoms with Crippen LogP contribution in [0.25, 0.3) is 11.1 Å². The first-order valence-corrected chi connectivity index (χ1v) is 51.5. The molecule has 8 aromatic rings. The van der Waals surface area contributed by atoms with Gasteiger partial charge in [0.05, 0.1) is 134 Å². The molecule has 0 fully saturated rings. The molecule has 0 bridgehead atoms. The second-order valence-corrected chi connectivity index (χ2v) is 41.2. The molecule has 28 nitrogen and oxygen atoms in total. The van der Waals surface area contributed by atoms with Crippen LogP contribution >= 0.6 is 81.2 Å². The highest BCUT2D eigenvalue weighted by molar-refractivity contribution is 7.90. The summed E-state index contributed by atoms with van der Waals surface area (Å²) in [6.07, 6.45) is 0.847. The molecule has 0 aromatic heterocycles. The summed E-state index contributed by atoms with van der Waals surface area (Å²) in [5, 5.41) is 16.5. The van der Waals surface area contributed by atoms with E-state index in [1.54, 1.807) is 72.8 Å². The number of nitrogens with zero attached hydrogens (tertiary/aromatic N) is 3. The van der Waals surface area contributed by atoms with Crippen molar-refractivity contribution in [1.82, 2.24) is 50.1 Å². The Bertz CT molecular complexity index is 5020. The Morgan fingerprint density at radius 1 is 0.338 bits per heavy atom. The molecule has 11 rings (SSSR count). The van der Waals surface area contributed by atoms with Crippen molar-refractivity contribution in [3.63, 3.8) is 0 Å². The van der Waals surface area contributed by atoms with Crippen LogP contribution in [-0.2, 0) is 113 Å². The molecule has 3 heterocycles. The van der Waals surface area contributed by atoms with Gasteiger partial charge in [-0.3, -0.25) is 14.4 Å².